The molecule has 8 rings (SSSR count). The largest absolute Gasteiger partial charge is 0.493 e. The Hall–Kier alpha value is -8.09. The highest BCUT2D eigenvalue weighted by Gasteiger charge is 2.15. The van der Waals surface area contributed by atoms with Gasteiger partial charge in [-0.3, -0.25) is 19.6 Å². The van der Waals surface area contributed by atoms with Gasteiger partial charge in [-0.1, -0.05) is 36.4 Å². The average Bonchev–Trinajstić information content (AvgIpc) is 3.23. The van der Waals surface area contributed by atoms with Gasteiger partial charge in [-0.2, -0.15) is 9.97 Å². The Labute approximate surface area is 336 Å². The van der Waals surface area contributed by atoms with Crippen molar-refractivity contribution in [3.05, 3.63) is 174 Å². The number of H-pyrrole nitrogens is 2. The van der Waals surface area contributed by atoms with E-state index in [0.717, 1.165) is 26.8 Å². The predicted molar refractivity (Wildman–Crippen MR) is 217 cm³/mol. The second-order valence-electron chi connectivity index (χ2n) is 12.8. The molecule has 16 nitrogen and oxygen atoms in total. The number of rotatable bonds is 11. The first kappa shape index (κ1) is 40.1. The molecule has 0 atom stereocenters. The van der Waals surface area contributed by atoms with E-state index in [4.69, 9.17) is 9.47 Å². The Morgan fingerprint density at radius 3 is 1.72 bits per heavy atom. The zero-order valence-corrected chi connectivity index (χ0v) is 31.7. The highest BCUT2D eigenvalue weighted by Crippen LogP contribution is 2.27. The van der Waals surface area contributed by atoms with Crippen molar-refractivity contribution >= 4 is 34.0 Å². The zero-order valence-electron chi connectivity index (χ0n) is 31.7. The number of methoxy groups -OCH3 is 2. The number of nitrogens with one attached hydrogen (secondary N) is 4. The van der Waals surface area contributed by atoms with Crippen LogP contribution in [0.4, 0.5) is 25.1 Å². The molecule has 8 aromatic rings. The molecule has 0 fully saturated rings. The number of anilines is 2. The summed E-state index contributed by atoms with van der Waals surface area (Å²) in [6, 6.07) is 22.2. The number of ether oxygens (including phenoxy) is 2. The van der Waals surface area contributed by atoms with Crippen LogP contribution in [0.3, 0.4) is 0 Å². The second kappa shape index (κ2) is 17.6. The summed E-state index contributed by atoms with van der Waals surface area (Å²) >= 11 is 0. The molecule has 0 aliphatic carbocycles. The van der Waals surface area contributed by atoms with Crippen LogP contribution in [0.2, 0.25) is 0 Å². The molecule has 60 heavy (non-hydrogen) atoms. The molecule has 4 aromatic heterocycles. The van der Waals surface area contributed by atoms with E-state index in [0.29, 0.717) is 30.0 Å². The van der Waals surface area contributed by atoms with Gasteiger partial charge in [0, 0.05) is 31.0 Å². The first-order valence-corrected chi connectivity index (χ1v) is 18.0. The number of halogens is 3. The summed E-state index contributed by atoms with van der Waals surface area (Å²) in [6.45, 7) is 0.633. The molecular formula is C41H33F3N10O6. The van der Waals surface area contributed by atoms with Crippen LogP contribution in [0.5, 0.6) is 11.5 Å². The number of aromatic nitrogens is 8. The first-order chi connectivity index (χ1) is 29.0. The second-order valence-corrected chi connectivity index (χ2v) is 12.8. The normalized spacial score (nSPS) is 10.9. The number of hydrogen-bond acceptors (Lipinski definition) is 12. The summed E-state index contributed by atoms with van der Waals surface area (Å²) in [4.78, 5) is 71.9. The fourth-order valence-electron chi connectivity index (χ4n) is 6.05. The van der Waals surface area contributed by atoms with E-state index < -0.39 is 34.1 Å². The van der Waals surface area contributed by atoms with Gasteiger partial charge in [-0.05, 0) is 66.6 Å². The van der Waals surface area contributed by atoms with Gasteiger partial charge in [0.2, 0.25) is 11.9 Å². The van der Waals surface area contributed by atoms with Crippen molar-refractivity contribution in [2.75, 3.05) is 31.4 Å². The smallest absolute Gasteiger partial charge is 0.334 e. The highest BCUT2D eigenvalue weighted by molar-refractivity contribution is 5.74. The van der Waals surface area contributed by atoms with E-state index in [-0.39, 0.29) is 57.7 Å². The van der Waals surface area contributed by atoms with Crippen molar-refractivity contribution in [3.8, 4) is 22.9 Å². The predicted octanol–water partition coefficient (Wildman–Crippen LogP) is 4.64. The summed E-state index contributed by atoms with van der Waals surface area (Å²) < 4.78 is 52.9. The number of hydrogen-bond donors (Lipinski definition) is 4. The summed E-state index contributed by atoms with van der Waals surface area (Å²) in [5.74, 6) is 0.161. The molecular weight excluding hydrogens is 786 g/mol. The van der Waals surface area contributed by atoms with Crippen LogP contribution in [0, 0.1) is 17.5 Å². The Morgan fingerprint density at radius 2 is 1.18 bits per heavy atom. The monoisotopic (exact) mass is 818 g/mol. The standard InChI is InChI=1S/C22H20FN5O4.C19H13F2N5O2/c1-31-17-7-6-13(10-18(17)32-2)8-9-24-21-25-12-16-19(26-21)27-22(30)28(20(16)29)15-5-3-4-14(23)11-15;20-12-5-3-6-13(8-12)26-17(27)14-10-23-18(24-16(14)25-19(26)28)22-9-11-4-1-2-7-15(11)21/h3-7,10-12H,8-9H2,1-2H3,(H2,24,25,26,27,30);1-8,10H,9H2,(H2,22,23,24,25,28). The lowest BCUT2D eigenvalue weighted by molar-refractivity contribution is 0.354. The van der Waals surface area contributed by atoms with E-state index in [1.165, 1.54) is 54.9 Å². The summed E-state index contributed by atoms with van der Waals surface area (Å²) in [5.41, 5.74) is -1.03. The molecule has 0 spiro atoms. The number of fused-ring (bicyclic) bond motifs is 2. The average molecular weight is 819 g/mol. The SMILES string of the molecule is COc1ccc(CCNc2ncc3c(=O)n(-c4cccc(F)c4)c(=O)[nH]c3n2)cc1OC.O=c1[nH]c2nc(NCc3ccccc3F)ncc2c(=O)n1-c1cccc(F)c1. The molecule has 4 N–H and O–H groups in total. The number of benzene rings is 4. The van der Waals surface area contributed by atoms with Crippen molar-refractivity contribution in [2.45, 2.75) is 13.0 Å². The topological polar surface area (TPSA) is 204 Å². The molecule has 0 aliphatic heterocycles. The minimum Gasteiger partial charge on any atom is -0.493 e. The molecule has 19 heteroatoms. The molecule has 0 bridgehead atoms. The summed E-state index contributed by atoms with van der Waals surface area (Å²) in [5, 5.41) is 6.08. The van der Waals surface area contributed by atoms with Crippen LogP contribution >= 0.6 is 0 Å². The van der Waals surface area contributed by atoms with E-state index >= 15 is 0 Å². The lowest BCUT2D eigenvalue weighted by atomic mass is 10.1. The van der Waals surface area contributed by atoms with E-state index in [1.807, 2.05) is 18.2 Å². The third kappa shape index (κ3) is 8.74. The van der Waals surface area contributed by atoms with Gasteiger partial charge in [-0.25, -0.2) is 41.9 Å². The van der Waals surface area contributed by atoms with Gasteiger partial charge >= 0.3 is 11.4 Å². The van der Waals surface area contributed by atoms with Gasteiger partial charge in [0.05, 0.1) is 25.6 Å². The van der Waals surface area contributed by atoms with Crippen molar-refractivity contribution in [1.29, 1.82) is 0 Å². The molecule has 0 saturated carbocycles. The third-order valence-electron chi connectivity index (χ3n) is 8.97. The Balaban J connectivity index is 0.000000183. The first-order valence-electron chi connectivity index (χ1n) is 18.0. The van der Waals surface area contributed by atoms with Crippen LogP contribution in [0.1, 0.15) is 11.1 Å². The highest BCUT2D eigenvalue weighted by atomic mass is 19.1. The fraction of sp³-hybridized carbons (Fsp3) is 0.122. The van der Waals surface area contributed by atoms with Crippen molar-refractivity contribution in [1.82, 2.24) is 39.0 Å². The van der Waals surface area contributed by atoms with Crippen LogP contribution < -0.4 is 42.6 Å². The van der Waals surface area contributed by atoms with Crippen LogP contribution in [0.15, 0.2) is 123 Å². The van der Waals surface area contributed by atoms with Gasteiger partial charge in [0.25, 0.3) is 11.1 Å². The lowest BCUT2D eigenvalue weighted by Crippen LogP contribution is -2.34. The maximum Gasteiger partial charge on any atom is 0.334 e. The molecule has 0 saturated heterocycles. The molecule has 0 radical (unpaired) electrons. The van der Waals surface area contributed by atoms with Gasteiger partial charge in [0.1, 0.15) is 28.2 Å². The van der Waals surface area contributed by atoms with Crippen LogP contribution in [0.25, 0.3) is 33.4 Å². The van der Waals surface area contributed by atoms with Crippen LogP contribution in [-0.2, 0) is 13.0 Å². The van der Waals surface area contributed by atoms with Crippen molar-refractivity contribution in [2.24, 2.45) is 0 Å². The quantitative estimate of drug-likeness (QED) is 0.141. The van der Waals surface area contributed by atoms with Crippen molar-refractivity contribution < 1.29 is 22.6 Å². The zero-order chi connectivity index (χ0) is 42.3. The molecule has 4 heterocycles. The molecule has 4 aromatic carbocycles. The molecule has 0 unspecified atom stereocenters. The van der Waals surface area contributed by atoms with Gasteiger partial charge < -0.3 is 20.1 Å². The van der Waals surface area contributed by atoms with E-state index in [9.17, 15) is 32.3 Å². The van der Waals surface area contributed by atoms with Crippen molar-refractivity contribution in [3.63, 3.8) is 0 Å². The lowest BCUT2D eigenvalue weighted by Gasteiger charge is -2.10. The van der Waals surface area contributed by atoms with Crippen LogP contribution in [-0.4, -0.2) is 59.8 Å². The van der Waals surface area contributed by atoms with E-state index in [1.54, 1.807) is 32.4 Å². The van der Waals surface area contributed by atoms with Gasteiger partial charge in [-0.15, -0.1) is 0 Å². The third-order valence-corrected chi connectivity index (χ3v) is 8.97. The minimum absolute atomic E-state index is 0.0219. The number of aromatic amines is 2. The summed E-state index contributed by atoms with van der Waals surface area (Å²) in [6.07, 6.45) is 3.23. The number of nitrogens with zero attached hydrogens (tertiary/aromatic N) is 6. The Morgan fingerprint density at radius 1 is 0.633 bits per heavy atom. The molecule has 0 aliphatic rings. The minimum atomic E-state index is -0.762. The Kier molecular flexibility index (Phi) is 11.8. The van der Waals surface area contributed by atoms with Gasteiger partial charge in [0.15, 0.2) is 22.8 Å². The van der Waals surface area contributed by atoms with E-state index in [2.05, 4.69) is 40.5 Å². The molecule has 0 amide bonds. The maximum absolute atomic E-state index is 13.7. The summed E-state index contributed by atoms with van der Waals surface area (Å²) in [7, 11) is 3.15. The molecule has 304 valence electrons. The Bertz CT molecular complexity index is 3120. The maximum atomic E-state index is 13.7. The fourth-order valence-corrected chi connectivity index (χ4v) is 6.05.